The van der Waals surface area contributed by atoms with Crippen molar-refractivity contribution >= 4 is 16.3 Å². The minimum atomic E-state index is -4.91. The molecule has 176 valence electrons. The van der Waals surface area contributed by atoms with E-state index in [1.54, 1.807) is 0 Å². The van der Waals surface area contributed by atoms with Gasteiger partial charge in [-0.15, -0.1) is 0 Å². The SMILES string of the molecule is CC(=O)N[C@H]1[C@H](O[C@@H]2[C@@H](O)[C@@H](O)O[C@H](COS(=O)(=O)O)[C@H]2O)O[C@H](CO)[C@@H](O)[C@@H]1O. The number of aliphatic hydroxyl groups excluding tert-OH is 6. The van der Waals surface area contributed by atoms with Crippen molar-refractivity contribution in [3.63, 3.8) is 0 Å². The molecule has 2 aliphatic rings. The Morgan fingerprint density at radius 2 is 1.63 bits per heavy atom. The number of amides is 1. The van der Waals surface area contributed by atoms with Gasteiger partial charge in [-0.3, -0.25) is 9.35 Å². The van der Waals surface area contributed by atoms with Crippen molar-refractivity contribution in [2.45, 2.75) is 68.3 Å². The average Bonchev–Trinajstić information content (AvgIpc) is 2.65. The molecule has 0 aromatic carbocycles. The second kappa shape index (κ2) is 10.1. The smallest absolute Gasteiger partial charge is 0.394 e. The van der Waals surface area contributed by atoms with Gasteiger partial charge in [0.1, 0.15) is 48.8 Å². The Labute approximate surface area is 170 Å². The van der Waals surface area contributed by atoms with Gasteiger partial charge in [0.05, 0.1) is 13.2 Å². The van der Waals surface area contributed by atoms with Gasteiger partial charge in [-0.1, -0.05) is 0 Å². The molecule has 30 heavy (non-hydrogen) atoms. The zero-order valence-corrected chi connectivity index (χ0v) is 16.4. The monoisotopic (exact) mass is 463 g/mol. The lowest BCUT2D eigenvalue weighted by molar-refractivity contribution is -0.341. The first-order valence-corrected chi connectivity index (χ1v) is 10.1. The van der Waals surface area contributed by atoms with E-state index in [0.29, 0.717) is 0 Å². The van der Waals surface area contributed by atoms with Crippen molar-refractivity contribution in [1.29, 1.82) is 0 Å². The Balaban J connectivity index is 2.22. The second-order valence-electron chi connectivity index (χ2n) is 6.79. The molecule has 0 bridgehead atoms. The number of nitrogens with one attached hydrogen (secondary N) is 1. The summed E-state index contributed by atoms with van der Waals surface area (Å²) in [6, 6.07) is -1.41. The molecule has 2 saturated heterocycles. The van der Waals surface area contributed by atoms with Crippen LogP contribution in [0.4, 0.5) is 0 Å². The molecular formula is C14H25NO14S. The summed E-state index contributed by atoms with van der Waals surface area (Å²) in [7, 11) is -4.91. The van der Waals surface area contributed by atoms with Crippen LogP contribution in [0.2, 0.25) is 0 Å². The van der Waals surface area contributed by atoms with E-state index >= 15 is 0 Å². The molecule has 2 rings (SSSR count). The van der Waals surface area contributed by atoms with Gasteiger partial charge < -0.3 is 50.2 Å². The van der Waals surface area contributed by atoms with Gasteiger partial charge >= 0.3 is 10.4 Å². The first-order valence-electron chi connectivity index (χ1n) is 8.72. The number of carbonyl (C=O) groups is 1. The number of hydrogen-bond donors (Lipinski definition) is 8. The lowest BCUT2D eigenvalue weighted by atomic mass is 9.95. The predicted molar refractivity (Wildman–Crippen MR) is 90.6 cm³/mol. The molecule has 15 nitrogen and oxygen atoms in total. The highest BCUT2D eigenvalue weighted by molar-refractivity contribution is 7.80. The molecule has 2 fully saturated rings. The fourth-order valence-electron chi connectivity index (χ4n) is 3.11. The first-order chi connectivity index (χ1) is 13.9. The third kappa shape index (κ3) is 6.02. The Bertz CT molecular complexity index is 690. The molecular weight excluding hydrogens is 438 g/mol. The van der Waals surface area contributed by atoms with Crippen molar-refractivity contribution in [3.05, 3.63) is 0 Å². The number of rotatable bonds is 7. The summed E-state index contributed by atoms with van der Waals surface area (Å²) in [5.74, 6) is -0.654. The van der Waals surface area contributed by atoms with E-state index in [1.165, 1.54) is 0 Å². The summed E-state index contributed by atoms with van der Waals surface area (Å²) in [6.45, 7) is -0.610. The van der Waals surface area contributed by atoms with E-state index in [2.05, 4.69) is 9.50 Å². The van der Waals surface area contributed by atoms with Crippen LogP contribution in [0.1, 0.15) is 6.92 Å². The van der Waals surface area contributed by atoms with E-state index in [-0.39, 0.29) is 0 Å². The van der Waals surface area contributed by atoms with Gasteiger partial charge in [0.2, 0.25) is 5.91 Å². The molecule has 0 aliphatic carbocycles. The summed E-state index contributed by atoms with van der Waals surface area (Å²) in [4.78, 5) is 11.4. The van der Waals surface area contributed by atoms with Crippen LogP contribution in [-0.2, 0) is 33.6 Å². The number of ether oxygens (including phenoxy) is 3. The zero-order chi connectivity index (χ0) is 22.8. The van der Waals surface area contributed by atoms with E-state index in [4.69, 9.17) is 18.8 Å². The molecule has 1 amide bonds. The number of hydrogen-bond acceptors (Lipinski definition) is 13. The van der Waals surface area contributed by atoms with Gasteiger partial charge in [-0.25, -0.2) is 4.18 Å². The highest BCUT2D eigenvalue weighted by Gasteiger charge is 2.51. The fraction of sp³-hybridized carbons (Fsp3) is 0.929. The minimum absolute atomic E-state index is 0.654. The van der Waals surface area contributed by atoms with Crippen LogP contribution < -0.4 is 5.32 Å². The Kier molecular flexibility index (Phi) is 8.47. The predicted octanol–water partition coefficient (Wildman–Crippen LogP) is -5.43. The molecule has 2 aliphatic heterocycles. The second-order valence-corrected chi connectivity index (χ2v) is 7.88. The Morgan fingerprint density at radius 3 is 2.17 bits per heavy atom. The van der Waals surface area contributed by atoms with Crippen LogP contribution in [0.15, 0.2) is 0 Å². The quantitative estimate of drug-likeness (QED) is 0.164. The Morgan fingerprint density at radius 1 is 1.00 bits per heavy atom. The standard InChI is InChI=1S/C14H25NO14S/c1-4(17)15-7-10(20)8(18)5(2-16)28-14(7)29-12-9(19)6(3-26-30(23,24)25)27-13(22)11(12)21/h5-14,16,18-22H,2-3H2,1H3,(H,15,17)(H,23,24,25)/t5-,6-,7-,8-,9-,10-,11-,12+,13+,14+/m1/s1. The van der Waals surface area contributed by atoms with Crippen LogP contribution in [0, 0.1) is 0 Å². The molecule has 0 saturated carbocycles. The fourth-order valence-corrected chi connectivity index (χ4v) is 3.42. The summed E-state index contributed by atoms with van der Waals surface area (Å²) >= 11 is 0. The van der Waals surface area contributed by atoms with E-state index < -0.39 is 90.9 Å². The molecule has 0 unspecified atom stereocenters. The van der Waals surface area contributed by atoms with E-state index in [0.717, 1.165) is 6.92 Å². The Hall–Kier alpha value is -1.02. The van der Waals surface area contributed by atoms with Crippen molar-refractivity contribution in [1.82, 2.24) is 5.32 Å². The van der Waals surface area contributed by atoms with Crippen molar-refractivity contribution in [3.8, 4) is 0 Å². The van der Waals surface area contributed by atoms with Gasteiger partial charge in [-0.05, 0) is 0 Å². The highest BCUT2D eigenvalue weighted by atomic mass is 32.3. The summed E-state index contributed by atoms with van der Waals surface area (Å²) < 4.78 is 49.8. The molecule has 10 atom stereocenters. The number of carbonyl (C=O) groups excluding carboxylic acids is 1. The first kappa shape index (κ1) is 25.2. The molecule has 0 aromatic heterocycles. The van der Waals surface area contributed by atoms with Crippen LogP contribution in [0.25, 0.3) is 0 Å². The maximum atomic E-state index is 11.4. The summed E-state index contributed by atoms with van der Waals surface area (Å²) in [5, 5.41) is 62.1. The van der Waals surface area contributed by atoms with Gasteiger partial charge in [0.25, 0.3) is 0 Å². The summed E-state index contributed by atoms with van der Waals surface area (Å²) in [6.07, 6.45) is -15.3. The van der Waals surface area contributed by atoms with Crippen molar-refractivity contribution in [2.75, 3.05) is 13.2 Å². The van der Waals surface area contributed by atoms with Gasteiger partial charge in [0, 0.05) is 6.92 Å². The zero-order valence-electron chi connectivity index (χ0n) is 15.6. The highest BCUT2D eigenvalue weighted by Crippen LogP contribution is 2.29. The third-order valence-electron chi connectivity index (χ3n) is 4.58. The molecule has 0 aromatic rings. The molecule has 8 N–H and O–H groups in total. The van der Waals surface area contributed by atoms with Gasteiger partial charge in [-0.2, -0.15) is 8.42 Å². The van der Waals surface area contributed by atoms with Crippen molar-refractivity contribution in [2.24, 2.45) is 0 Å². The van der Waals surface area contributed by atoms with Crippen LogP contribution in [0.3, 0.4) is 0 Å². The maximum absolute atomic E-state index is 11.4. The molecule has 2 heterocycles. The van der Waals surface area contributed by atoms with Gasteiger partial charge in [0.15, 0.2) is 12.6 Å². The minimum Gasteiger partial charge on any atom is -0.394 e. The lowest BCUT2D eigenvalue weighted by Gasteiger charge is -2.46. The molecule has 0 radical (unpaired) electrons. The van der Waals surface area contributed by atoms with E-state index in [1.807, 2.05) is 0 Å². The molecule has 0 spiro atoms. The van der Waals surface area contributed by atoms with Crippen LogP contribution in [0.5, 0.6) is 0 Å². The van der Waals surface area contributed by atoms with Crippen LogP contribution >= 0.6 is 0 Å². The summed E-state index contributed by atoms with van der Waals surface area (Å²) in [5.41, 5.74) is 0. The third-order valence-corrected chi connectivity index (χ3v) is 5.02. The molecule has 16 heteroatoms. The topological polar surface area (TPSA) is 242 Å². The largest absolute Gasteiger partial charge is 0.397 e. The van der Waals surface area contributed by atoms with Crippen LogP contribution in [-0.4, -0.2) is 124 Å². The van der Waals surface area contributed by atoms with E-state index in [9.17, 15) is 43.9 Å². The lowest BCUT2D eigenvalue weighted by Crippen LogP contribution is -2.67. The van der Waals surface area contributed by atoms with Crippen molar-refractivity contribution < 1.29 is 66.8 Å². The average molecular weight is 463 g/mol. The number of aliphatic hydroxyl groups is 6. The maximum Gasteiger partial charge on any atom is 0.397 e. The normalized spacial score (nSPS) is 42.7.